The molecule has 0 heterocycles. The minimum Gasteiger partial charge on any atom is -0.0733 e. The molecule has 0 aliphatic heterocycles. The summed E-state index contributed by atoms with van der Waals surface area (Å²) in [6.07, 6.45) is 2.63. The molecule has 2 aromatic rings. The smallest absolute Gasteiger partial charge is 0.0733 e. The van der Waals surface area contributed by atoms with Crippen LogP contribution in [0.5, 0.6) is 0 Å². The van der Waals surface area contributed by atoms with Crippen LogP contribution >= 0.6 is 0 Å². The second-order valence-corrected chi connectivity index (χ2v) is 21.0. The molecule has 0 saturated heterocycles. The first-order valence-electron chi connectivity index (χ1n) is 11.9. The summed E-state index contributed by atoms with van der Waals surface area (Å²) in [5.74, 6) is 0.641. The van der Waals surface area contributed by atoms with Gasteiger partial charge in [-0.1, -0.05) is 127 Å². The summed E-state index contributed by atoms with van der Waals surface area (Å²) in [5.41, 5.74) is 5.97. The molecule has 0 N–H and O–H groups in total. The van der Waals surface area contributed by atoms with Gasteiger partial charge >= 0.3 is 0 Å². The molecule has 2 atom stereocenters. The van der Waals surface area contributed by atoms with E-state index in [0.717, 1.165) is 0 Å². The van der Waals surface area contributed by atoms with Crippen molar-refractivity contribution in [2.45, 2.75) is 79.2 Å². The summed E-state index contributed by atoms with van der Waals surface area (Å²) in [5, 5.41) is 4.89. The lowest BCUT2D eigenvalue weighted by atomic mass is 10.0. The lowest BCUT2D eigenvalue weighted by molar-refractivity contribution is 0.703. The van der Waals surface area contributed by atoms with Crippen molar-refractivity contribution < 1.29 is 0 Å². The molecule has 0 nitrogen and oxygen atoms in total. The van der Waals surface area contributed by atoms with Crippen LogP contribution in [-0.2, 0) is 0 Å². The van der Waals surface area contributed by atoms with Gasteiger partial charge in [-0.25, -0.2) is 0 Å². The summed E-state index contributed by atoms with van der Waals surface area (Å²) in [4.78, 5) is 0. The highest BCUT2D eigenvalue weighted by Crippen LogP contribution is 2.54. The molecule has 0 bridgehead atoms. The van der Waals surface area contributed by atoms with Crippen LogP contribution in [0.25, 0.3) is 0 Å². The lowest BCUT2D eigenvalue weighted by Crippen LogP contribution is -2.66. The predicted molar refractivity (Wildman–Crippen MR) is 146 cm³/mol. The van der Waals surface area contributed by atoms with E-state index in [0.29, 0.717) is 5.92 Å². The van der Waals surface area contributed by atoms with Crippen molar-refractivity contribution in [3.63, 3.8) is 0 Å². The van der Waals surface area contributed by atoms with E-state index in [1.54, 1.807) is 21.1 Å². The molecule has 2 aromatic carbocycles. The average Bonchev–Trinajstić information content (AvgIpc) is 2.89. The standard InChI is InChI=1S/C29H42Si2/c1-21(2)20-31(26-14-12-11-13-15-26,29(7)19-23(4)24(5)25(29)6)28-17-22(3)16-27(18-28)30(8,9)10/h11-19,21H,20H2,1-10H3. The maximum Gasteiger partial charge on any atom is 0.131 e. The van der Waals surface area contributed by atoms with Crippen LogP contribution in [0.4, 0.5) is 0 Å². The van der Waals surface area contributed by atoms with Crippen LogP contribution in [0.3, 0.4) is 0 Å². The van der Waals surface area contributed by atoms with E-state index >= 15 is 0 Å². The fourth-order valence-electron chi connectivity index (χ4n) is 5.79. The van der Waals surface area contributed by atoms with Gasteiger partial charge < -0.3 is 0 Å². The van der Waals surface area contributed by atoms with Crippen LogP contribution in [0, 0.1) is 12.8 Å². The summed E-state index contributed by atoms with van der Waals surface area (Å²) in [7, 11) is -3.63. The molecule has 0 aromatic heterocycles. The second-order valence-electron chi connectivity index (χ2n) is 11.5. The Morgan fingerprint density at radius 2 is 1.39 bits per heavy atom. The third kappa shape index (κ3) is 4.09. The zero-order valence-electron chi connectivity index (χ0n) is 21.5. The van der Waals surface area contributed by atoms with E-state index in [1.165, 1.54) is 22.8 Å². The number of aryl methyl sites for hydroxylation is 1. The molecule has 0 amide bonds. The van der Waals surface area contributed by atoms with Crippen molar-refractivity contribution in [2.75, 3.05) is 0 Å². The van der Waals surface area contributed by atoms with E-state index in [9.17, 15) is 0 Å². The number of allylic oxidation sites excluding steroid dienone is 4. The van der Waals surface area contributed by atoms with Crippen molar-refractivity contribution in [3.8, 4) is 0 Å². The van der Waals surface area contributed by atoms with Crippen LogP contribution in [0.2, 0.25) is 30.7 Å². The Hall–Kier alpha value is -1.65. The second kappa shape index (κ2) is 8.37. The van der Waals surface area contributed by atoms with Crippen LogP contribution < -0.4 is 15.6 Å². The molecule has 0 fully saturated rings. The maximum atomic E-state index is 2.64. The van der Waals surface area contributed by atoms with E-state index in [2.05, 4.69) is 123 Å². The monoisotopic (exact) mass is 446 g/mol. The molecule has 31 heavy (non-hydrogen) atoms. The largest absolute Gasteiger partial charge is 0.131 e. The molecular weight excluding hydrogens is 404 g/mol. The van der Waals surface area contributed by atoms with Gasteiger partial charge in [-0.15, -0.1) is 0 Å². The molecular formula is C29H42Si2. The van der Waals surface area contributed by atoms with Crippen molar-refractivity contribution in [3.05, 3.63) is 76.9 Å². The Morgan fingerprint density at radius 1 is 0.806 bits per heavy atom. The van der Waals surface area contributed by atoms with Crippen LogP contribution in [-0.4, -0.2) is 16.1 Å². The Kier molecular flexibility index (Phi) is 6.48. The minimum absolute atomic E-state index is 0.0806. The fourth-order valence-corrected chi connectivity index (χ4v) is 13.8. The maximum absolute atomic E-state index is 2.64. The normalized spacial score (nSPS) is 21.5. The first-order valence-corrected chi connectivity index (χ1v) is 17.6. The first kappa shape index (κ1) is 24.0. The summed E-state index contributed by atoms with van der Waals surface area (Å²) in [6, 6.07) is 20.4. The van der Waals surface area contributed by atoms with Crippen molar-refractivity contribution in [2.24, 2.45) is 5.92 Å². The quantitative estimate of drug-likeness (QED) is 0.427. The van der Waals surface area contributed by atoms with E-state index in [4.69, 9.17) is 0 Å². The van der Waals surface area contributed by atoms with Gasteiger partial charge in [-0.2, -0.15) is 0 Å². The highest BCUT2D eigenvalue weighted by molar-refractivity contribution is 7.05. The van der Waals surface area contributed by atoms with Crippen LogP contribution in [0.1, 0.15) is 47.1 Å². The van der Waals surface area contributed by atoms with Crippen molar-refractivity contribution >= 4 is 31.7 Å². The number of rotatable bonds is 6. The zero-order valence-corrected chi connectivity index (χ0v) is 23.5. The topological polar surface area (TPSA) is 0 Å². The molecule has 0 radical (unpaired) electrons. The molecule has 1 aliphatic rings. The minimum atomic E-state index is -2.20. The number of hydrogen-bond acceptors (Lipinski definition) is 0. The number of benzene rings is 2. The van der Waals surface area contributed by atoms with Crippen molar-refractivity contribution in [1.29, 1.82) is 0 Å². The van der Waals surface area contributed by atoms with Gasteiger partial charge in [0.05, 0.1) is 8.07 Å². The van der Waals surface area contributed by atoms with Gasteiger partial charge in [0, 0.05) is 5.04 Å². The zero-order chi connectivity index (χ0) is 23.2. The molecule has 3 rings (SSSR count). The van der Waals surface area contributed by atoms with Crippen molar-refractivity contribution in [1.82, 2.24) is 0 Å². The fraction of sp³-hybridized carbons (Fsp3) is 0.448. The highest BCUT2D eigenvalue weighted by atomic mass is 28.3. The Morgan fingerprint density at radius 3 is 1.87 bits per heavy atom. The summed E-state index contributed by atoms with van der Waals surface area (Å²) >= 11 is 0. The van der Waals surface area contributed by atoms with Crippen LogP contribution in [0.15, 0.2) is 71.3 Å². The third-order valence-corrected chi connectivity index (χ3v) is 16.1. The third-order valence-electron chi connectivity index (χ3n) is 7.74. The van der Waals surface area contributed by atoms with Gasteiger partial charge in [-0.05, 0) is 45.2 Å². The van der Waals surface area contributed by atoms with E-state index < -0.39 is 16.1 Å². The Bertz CT molecular complexity index is 1020. The molecule has 1 aliphatic carbocycles. The molecule has 166 valence electrons. The highest BCUT2D eigenvalue weighted by Gasteiger charge is 2.54. The molecule has 0 spiro atoms. The van der Waals surface area contributed by atoms with Gasteiger partial charge in [0.25, 0.3) is 0 Å². The number of hydrogen-bond donors (Lipinski definition) is 0. The van der Waals surface area contributed by atoms with Gasteiger partial charge in [0.1, 0.15) is 8.07 Å². The predicted octanol–water partition coefficient (Wildman–Crippen LogP) is 6.82. The molecule has 2 heteroatoms. The van der Waals surface area contributed by atoms with E-state index in [-0.39, 0.29) is 5.04 Å². The summed E-state index contributed by atoms with van der Waals surface area (Å²) < 4.78 is 0. The first-order chi connectivity index (χ1) is 14.3. The molecule has 0 saturated carbocycles. The SMILES string of the molecule is CC1=CC(C)([Si](CC(C)C)(c2ccccc2)c2cc(C)cc([Si](C)(C)C)c2)C(C)=C1C. The van der Waals surface area contributed by atoms with Gasteiger partial charge in [-0.3, -0.25) is 0 Å². The Labute approximate surface area is 193 Å². The summed E-state index contributed by atoms with van der Waals surface area (Å²) in [6.45, 7) is 24.2. The van der Waals surface area contributed by atoms with Gasteiger partial charge in [0.2, 0.25) is 0 Å². The average molecular weight is 447 g/mol. The molecule has 2 unspecified atom stereocenters. The Balaban J connectivity index is 2.48. The lowest BCUT2D eigenvalue weighted by Gasteiger charge is -2.48. The van der Waals surface area contributed by atoms with E-state index in [1.807, 2.05) is 0 Å². The van der Waals surface area contributed by atoms with Gasteiger partial charge in [0.15, 0.2) is 0 Å².